The van der Waals surface area contributed by atoms with Gasteiger partial charge in [0.15, 0.2) is 12.3 Å². The Kier molecular flexibility index (Phi) is 4.19. The number of nitrogens with zero attached hydrogens (tertiary/aromatic N) is 2. The predicted molar refractivity (Wildman–Crippen MR) is 51.1 cm³/mol. The third kappa shape index (κ3) is 3.52. The van der Waals surface area contributed by atoms with Gasteiger partial charge in [-0.2, -0.15) is 4.98 Å². The molecule has 0 amide bonds. The minimum absolute atomic E-state index is 0.173. The fraction of sp³-hybridized carbons (Fsp3) is 0.333. The Hall–Kier alpha value is -2.18. The Morgan fingerprint density at radius 1 is 1.50 bits per heavy atom. The zero-order valence-electron chi connectivity index (χ0n) is 8.54. The molecule has 0 saturated heterocycles. The molecule has 7 nitrogen and oxygen atoms in total. The van der Waals surface area contributed by atoms with Crippen LogP contribution < -0.4 is 4.74 Å². The van der Waals surface area contributed by atoms with Gasteiger partial charge < -0.3 is 14.6 Å². The van der Waals surface area contributed by atoms with E-state index >= 15 is 0 Å². The van der Waals surface area contributed by atoms with Gasteiger partial charge in [0.25, 0.3) is 0 Å². The second-order valence-corrected chi connectivity index (χ2v) is 2.62. The first kappa shape index (κ1) is 11.9. The minimum Gasteiger partial charge on any atom is -0.477 e. The number of carbonyl (C=O) groups excluding carboxylic acids is 1. The number of ether oxygens (including phenoxy) is 2. The number of carbonyl (C=O) groups is 2. The normalized spacial score (nSPS) is 9.56. The summed E-state index contributed by atoms with van der Waals surface area (Å²) in [5.41, 5.74) is -0.200. The van der Waals surface area contributed by atoms with Crippen LogP contribution in [0.15, 0.2) is 12.3 Å². The maximum absolute atomic E-state index is 10.9. The van der Waals surface area contributed by atoms with Crippen LogP contribution >= 0.6 is 0 Å². The van der Waals surface area contributed by atoms with Crippen molar-refractivity contribution >= 4 is 11.9 Å². The van der Waals surface area contributed by atoms with Crippen LogP contribution in [0.2, 0.25) is 0 Å². The Morgan fingerprint density at radius 3 is 2.88 bits per heavy atom. The molecule has 0 aromatic carbocycles. The second kappa shape index (κ2) is 5.64. The van der Waals surface area contributed by atoms with Gasteiger partial charge >= 0.3 is 17.9 Å². The molecule has 16 heavy (non-hydrogen) atoms. The molecule has 0 bridgehead atoms. The van der Waals surface area contributed by atoms with Gasteiger partial charge in [-0.15, -0.1) is 0 Å². The first-order valence-electron chi connectivity index (χ1n) is 4.48. The molecule has 0 unspecified atom stereocenters. The molecule has 0 atom stereocenters. The molecular weight excluding hydrogens is 216 g/mol. The Labute approximate surface area is 91.0 Å². The number of carboxylic acid groups (broad SMARTS) is 1. The van der Waals surface area contributed by atoms with E-state index in [0.717, 1.165) is 0 Å². The molecule has 0 spiro atoms. The lowest BCUT2D eigenvalue weighted by Gasteiger charge is -2.03. The maximum Gasteiger partial charge on any atom is 0.354 e. The molecule has 0 aliphatic carbocycles. The van der Waals surface area contributed by atoms with Gasteiger partial charge in [0.2, 0.25) is 0 Å². The summed E-state index contributed by atoms with van der Waals surface area (Å²) < 4.78 is 9.46. The quantitative estimate of drug-likeness (QED) is 0.711. The molecule has 0 radical (unpaired) electrons. The van der Waals surface area contributed by atoms with E-state index in [1.54, 1.807) is 6.92 Å². The van der Waals surface area contributed by atoms with Gasteiger partial charge in [0.1, 0.15) is 0 Å². The lowest BCUT2D eigenvalue weighted by atomic mass is 10.4. The van der Waals surface area contributed by atoms with Crippen molar-refractivity contribution in [3.63, 3.8) is 0 Å². The summed E-state index contributed by atoms with van der Waals surface area (Å²) in [4.78, 5) is 28.7. The number of hydrogen-bond acceptors (Lipinski definition) is 6. The van der Waals surface area contributed by atoms with Crippen molar-refractivity contribution in [3.05, 3.63) is 18.0 Å². The molecule has 86 valence electrons. The molecule has 7 heteroatoms. The highest BCUT2D eigenvalue weighted by Crippen LogP contribution is 2.02. The topological polar surface area (TPSA) is 98.6 Å². The lowest BCUT2D eigenvalue weighted by Crippen LogP contribution is -2.16. The second-order valence-electron chi connectivity index (χ2n) is 2.62. The average molecular weight is 226 g/mol. The smallest absolute Gasteiger partial charge is 0.354 e. The van der Waals surface area contributed by atoms with Crippen molar-refractivity contribution in [2.45, 2.75) is 6.92 Å². The third-order valence-corrected chi connectivity index (χ3v) is 1.48. The van der Waals surface area contributed by atoms with E-state index in [-0.39, 0.29) is 24.9 Å². The van der Waals surface area contributed by atoms with E-state index in [9.17, 15) is 9.59 Å². The fourth-order valence-corrected chi connectivity index (χ4v) is 0.856. The summed E-state index contributed by atoms with van der Waals surface area (Å²) in [7, 11) is 0. The van der Waals surface area contributed by atoms with E-state index in [2.05, 4.69) is 14.7 Å². The van der Waals surface area contributed by atoms with Crippen molar-refractivity contribution in [3.8, 4) is 6.01 Å². The number of aromatic carboxylic acids is 1. The highest BCUT2D eigenvalue weighted by molar-refractivity contribution is 5.85. The summed E-state index contributed by atoms with van der Waals surface area (Å²) in [5.74, 6) is -1.75. The van der Waals surface area contributed by atoms with Crippen LogP contribution in [0.1, 0.15) is 17.4 Å². The summed E-state index contributed by atoms with van der Waals surface area (Å²) in [5, 5.41) is 8.63. The number of rotatable bonds is 5. The van der Waals surface area contributed by atoms with Gasteiger partial charge in [-0.1, -0.05) is 0 Å². The van der Waals surface area contributed by atoms with E-state index in [0.29, 0.717) is 0 Å². The zero-order valence-corrected chi connectivity index (χ0v) is 8.54. The van der Waals surface area contributed by atoms with Crippen LogP contribution in [0.5, 0.6) is 6.01 Å². The highest BCUT2D eigenvalue weighted by atomic mass is 16.6. The number of carboxylic acids is 1. The highest BCUT2D eigenvalue weighted by Gasteiger charge is 2.09. The fourth-order valence-electron chi connectivity index (χ4n) is 0.856. The molecular formula is C9H10N2O5. The Balaban J connectivity index is 2.57. The van der Waals surface area contributed by atoms with E-state index < -0.39 is 11.9 Å². The summed E-state index contributed by atoms with van der Waals surface area (Å²) in [6, 6.07) is 1.05. The molecule has 1 N–H and O–H groups in total. The van der Waals surface area contributed by atoms with Crippen molar-refractivity contribution in [2.75, 3.05) is 13.2 Å². The van der Waals surface area contributed by atoms with Crippen LogP contribution in [-0.2, 0) is 9.53 Å². The van der Waals surface area contributed by atoms with Gasteiger partial charge in [0, 0.05) is 6.20 Å². The monoisotopic (exact) mass is 226 g/mol. The van der Waals surface area contributed by atoms with E-state index in [1.165, 1.54) is 12.3 Å². The van der Waals surface area contributed by atoms with E-state index in [4.69, 9.17) is 9.84 Å². The first-order valence-corrected chi connectivity index (χ1v) is 4.48. The number of aromatic nitrogens is 2. The first-order chi connectivity index (χ1) is 7.63. The van der Waals surface area contributed by atoms with Crippen molar-refractivity contribution in [1.29, 1.82) is 0 Å². The number of hydrogen-bond donors (Lipinski definition) is 1. The molecule has 1 heterocycles. The molecule has 0 saturated carbocycles. The SMILES string of the molecule is CCOC(=O)COc1nccc(C(=O)O)n1. The van der Waals surface area contributed by atoms with Crippen LogP contribution in [0.3, 0.4) is 0 Å². The van der Waals surface area contributed by atoms with Gasteiger partial charge in [0.05, 0.1) is 6.61 Å². The van der Waals surface area contributed by atoms with Crippen molar-refractivity contribution in [2.24, 2.45) is 0 Å². The zero-order chi connectivity index (χ0) is 12.0. The van der Waals surface area contributed by atoms with Gasteiger partial charge in [-0.05, 0) is 13.0 Å². The average Bonchev–Trinajstić information content (AvgIpc) is 2.27. The lowest BCUT2D eigenvalue weighted by molar-refractivity contribution is -0.145. The predicted octanol–water partition coefficient (Wildman–Crippen LogP) is 0.117. The van der Waals surface area contributed by atoms with Crippen LogP contribution in [0, 0.1) is 0 Å². The molecule has 0 aliphatic heterocycles. The van der Waals surface area contributed by atoms with Crippen molar-refractivity contribution in [1.82, 2.24) is 9.97 Å². The summed E-state index contributed by atoms with van der Waals surface area (Å²) in [6.45, 7) is 1.56. The molecule has 1 rings (SSSR count). The Morgan fingerprint density at radius 2 is 2.25 bits per heavy atom. The van der Waals surface area contributed by atoms with E-state index in [1.807, 2.05) is 0 Å². The van der Waals surface area contributed by atoms with Crippen LogP contribution in [-0.4, -0.2) is 40.2 Å². The molecule has 1 aromatic heterocycles. The molecule has 1 aromatic rings. The number of esters is 1. The van der Waals surface area contributed by atoms with Gasteiger partial charge in [-0.3, -0.25) is 0 Å². The standard InChI is InChI=1S/C9H10N2O5/c1-2-15-7(12)5-16-9-10-4-3-6(11-9)8(13)14/h3-4H,2,5H2,1H3,(H,13,14). The van der Waals surface area contributed by atoms with Gasteiger partial charge in [-0.25, -0.2) is 14.6 Å². The molecule has 0 fully saturated rings. The van der Waals surface area contributed by atoms with Crippen LogP contribution in [0.25, 0.3) is 0 Å². The third-order valence-electron chi connectivity index (χ3n) is 1.48. The Bertz CT molecular complexity index is 393. The summed E-state index contributed by atoms with van der Waals surface area (Å²) >= 11 is 0. The minimum atomic E-state index is -1.19. The van der Waals surface area contributed by atoms with Crippen molar-refractivity contribution < 1.29 is 24.2 Å². The summed E-state index contributed by atoms with van der Waals surface area (Å²) in [6.07, 6.45) is 1.23. The van der Waals surface area contributed by atoms with Crippen LogP contribution in [0.4, 0.5) is 0 Å². The molecule has 0 aliphatic rings. The maximum atomic E-state index is 10.9. The largest absolute Gasteiger partial charge is 0.477 e.